The average Bonchev–Trinajstić information content (AvgIpc) is 3.26. The highest BCUT2D eigenvalue weighted by atomic mass is 32.1. The van der Waals surface area contributed by atoms with Crippen LogP contribution in [0.5, 0.6) is 5.75 Å². The lowest BCUT2D eigenvalue weighted by Gasteiger charge is -2.32. The van der Waals surface area contributed by atoms with Crippen LogP contribution in [0.3, 0.4) is 0 Å². The van der Waals surface area contributed by atoms with E-state index in [1.54, 1.807) is 43.7 Å². The number of likely N-dealkylation sites (tertiary alicyclic amines) is 1. The summed E-state index contributed by atoms with van der Waals surface area (Å²) >= 11 is 1.29. The number of thiophene rings is 1. The maximum atomic E-state index is 13.6. The summed E-state index contributed by atoms with van der Waals surface area (Å²) in [5.74, 6) is 6.39. The summed E-state index contributed by atoms with van der Waals surface area (Å²) in [5, 5.41) is 17.1. The van der Waals surface area contributed by atoms with E-state index in [2.05, 4.69) is 34.3 Å². The summed E-state index contributed by atoms with van der Waals surface area (Å²) < 4.78 is 59.8. The van der Waals surface area contributed by atoms with E-state index in [1.807, 2.05) is 6.07 Å². The molecular formula is C30H37F3N3O3PS. The number of halogens is 3. The Bertz CT molecular complexity index is 1450. The molecule has 4 rings (SSSR count). The molecule has 1 saturated heterocycles. The van der Waals surface area contributed by atoms with Gasteiger partial charge in [0.2, 0.25) is 0 Å². The van der Waals surface area contributed by atoms with Crippen LogP contribution in [0, 0.1) is 11.8 Å². The van der Waals surface area contributed by atoms with E-state index >= 15 is 0 Å². The van der Waals surface area contributed by atoms with Gasteiger partial charge in [0.25, 0.3) is 0 Å². The number of ether oxygens (including phenoxy) is 1. The zero-order valence-electron chi connectivity index (χ0n) is 23.6. The van der Waals surface area contributed by atoms with E-state index in [9.17, 15) is 22.8 Å². The number of alkyl halides is 3. The zero-order chi connectivity index (χ0) is 29.6. The van der Waals surface area contributed by atoms with Gasteiger partial charge < -0.3 is 29.9 Å². The molecule has 0 unspecified atom stereocenters. The van der Waals surface area contributed by atoms with E-state index in [1.165, 1.54) is 11.3 Å². The summed E-state index contributed by atoms with van der Waals surface area (Å²) in [7, 11) is -2.52. The van der Waals surface area contributed by atoms with Gasteiger partial charge in [-0.15, -0.1) is 11.3 Å². The molecule has 0 amide bonds. The van der Waals surface area contributed by atoms with Crippen LogP contribution in [-0.4, -0.2) is 74.9 Å². The van der Waals surface area contributed by atoms with Gasteiger partial charge in [0, 0.05) is 24.4 Å². The lowest BCUT2D eigenvalue weighted by molar-refractivity contribution is -0.126. The van der Waals surface area contributed by atoms with E-state index in [-0.39, 0.29) is 31.4 Å². The predicted octanol–water partition coefficient (Wildman–Crippen LogP) is 5.99. The van der Waals surface area contributed by atoms with Crippen LogP contribution < -0.4 is 20.7 Å². The van der Waals surface area contributed by atoms with Crippen molar-refractivity contribution in [3.63, 3.8) is 0 Å². The normalized spacial score (nSPS) is 15.0. The first-order chi connectivity index (χ1) is 19.5. The molecule has 41 heavy (non-hydrogen) atoms. The van der Waals surface area contributed by atoms with Crippen molar-refractivity contribution in [1.29, 1.82) is 0 Å². The van der Waals surface area contributed by atoms with Crippen LogP contribution in [0.25, 0.3) is 10.1 Å². The van der Waals surface area contributed by atoms with E-state index in [0.29, 0.717) is 27.0 Å². The maximum absolute atomic E-state index is 13.6. The number of anilines is 2. The molecule has 0 saturated carbocycles. The fourth-order valence-electron chi connectivity index (χ4n) is 4.91. The van der Waals surface area contributed by atoms with Crippen LogP contribution in [0.2, 0.25) is 0 Å². The summed E-state index contributed by atoms with van der Waals surface area (Å²) in [5.41, 5.74) is 1.65. The van der Waals surface area contributed by atoms with Gasteiger partial charge in [-0.2, -0.15) is 13.2 Å². The number of aliphatic hydroxyl groups excluding tert-OH is 1. The van der Waals surface area contributed by atoms with E-state index in [0.717, 1.165) is 42.9 Å². The minimum atomic E-state index is -4.36. The average molecular weight is 608 g/mol. The fraction of sp³-hybridized carbons (Fsp3) is 0.467. The smallest absolute Gasteiger partial charge is 0.393 e. The molecule has 6 nitrogen and oxygen atoms in total. The fourth-order valence-corrected chi connectivity index (χ4v) is 6.94. The monoisotopic (exact) mass is 607 g/mol. The molecule has 0 spiro atoms. The Kier molecular flexibility index (Phi) is 10.3. The zero-order valence-corrected chi connectivity index (χ0v) is 25.3. The van der Waals surface area contributed by atoms with Crippen molar-refractivity contribution < 1.29 is 27.6 Å². The SMILES string of the molecule is CCN1CCC(Nc2cccc3c(CC(F)(F)F)c(C#CCNc4ccc(P(C)(C)=O)cc4OCCO)sc23)CC1. The molecule has 2 aromatic carbocycles. The summed E-state index contributed by atoms with van der Waals surface area (Å²) in [6.45, 7) is 8.55. The van der Waals surface area contributed by atoms with Gasteiger partial charge in [-0.1, -0.05) is 30.9 Å². The summed E-state index contributed by atoms with van der Waals surface area (Å²) in [6, 6.07) is 10.9. The highest BCUT2D eigenvalue weighted by Crippen LogP contribution is 2.40. The number of aliphatic hydroxyl groups is 1. The van der Waals surface area contributed by atoms with Crippen molar-refractivity contribution in [2.24, 2.45) is 0 Å². The largest absolute Gasteiger partial charge is 0.489 e. The molecule has 0 atom stereocenters. The van der Waals surface area contributed by atoms with Gasteiger partial charge >= 0.3 is 6.18 Å². The molecule has 1 aromatic heterocycles. The van der Waals surface area contributed by atoms with Crippen molar-refractivity contribution in [1.82, 2.24) is 4.90 Å². The van der Waals surface area contributed by atoms with Crippen molar-refractivity contribution in [3.05, 3.63) is 46.8 Å². The summed E-state index contributed by atoms with van der Waals surface area (Å²) in [4.78, 5) is 2.80. The number of benzene rings is 2. The van der Waals surface area contributed by atoms with Crippen molar-refractivity contribution in [2.75, 3.05) is 63.4 Å². The third kappa shape index (κ3) is 8.42. The number of hydrogen-bond acceptors (Lipinski definition) is 7. The molecule has 0 radical (unpaired) electrons. The third-order valence-corrected chi connectivity index (χ3v) is 9.81. The number of nitrogens with one attached hydrogen (secondary N) is 2. The third-order valence-electron chi connectivity index (χ3n) is 7.10. The Morgan fingerprint density at radius 1 is 1.17 bits per heavy atom. The second-order valence-corrected chi connectivity index (χ2v) is 14.7. The van der Waals surface area contributed by atoms with Crippen LogP contribution in [0.1, 0.15) is 30.2 Å². The molecule has 3 N–H and O–H groups in total. The van der Waals surface area contributed by atoms with Gasteiger partial charge in [-0.3, -0.25) is 0 Å². The van der Waals surface area contributed by atoms with Gasteiger partial charge in [0.1, 0.15) is 19.5 Å². The lowest BCUT2D eigenvalue weighted by atomic mass is 10.0. The minimum absolute atomic E-state index is 0.0677. The first-order valence-corrected chi connectivity index (χ1v) is 17.2. The second-order valence-electron chi connectivity index (χ2n) is 10.5. The quantitative estimate of drug-likeness (QED) is 0.195. The molecule has 1 aliphatic heterocycles. The van der Waals surface area contributed by atoms with Crippen LogP contribution >= 0.6 is 18.5 Å². The molecular weight excluding hydrogens is 570 g/mol. The lowest BCUT2D eigenvalue weighted by Crippen LogP contribution is -2.38. The van der Waals surface area contributed by atoms with Gasteiger partial charge in [0.15, 0.2) is 0 Å². The minimum Gasteiger partial charge on any atom is -0.489 e. The Balaban J connectivity index is 1.58. The Hall–Kier alpha value is -2.70. The number of nitrogens with zero attached hydrogens (tertiary/aromatic N) is 1. The molecule has 11 heteroatoms. The van der Waals surface area contributed by atoms with Gasteiger partial charge in [0.05, 0.1) is 40.5 Å². The van der Waals surface area contributed by atoms with Crippen LogP contribution in [0.4, 0.5) is 24.5 Å². The molecule has 0 aliphatic carbocycles. The van der Waals surface area contributed by atoms with Gasteiger partial charge in [-0.05, 0) is 67.9 Å². The van der Waals surface area contributed by atoms with Gasteiger partial charge in [-0.25, -0.2) is 0 Å². The van der Waals surface area contributed by atoms with Crippen LogP contribution in [0.15, 0.2) is 36.4 Å². The van der Waals surface area contributed by atoms with Crippen LogP contribution in [-0.2, 0) is 11.0 Å². The second kappa shape index (κ2) is 13.5. The van der Waals surface area contributed by atoms with Crippen molar-refractivity contribution in [2.45, 2.75) is 38.4 Å². The number of rotatable bonds is 10. The van der Waals surface area contributed by atoms with E-state index in [4.69, 9.17) is 4.74 Å². The predicted molar refractivity (Wildman–Crippen MR) is 164 cm³/mol. The highest BCUT2D eigenvalue weighted by molar-refractivity contribution is 7.70. The number of fused-ring (bicyclic) bond motifs is 1. The Labute approximate surface area is 243 Å². The topological polar surface area (TPSA) is 73.8 Å². The Morgan fingerprint density at radius 3 is 2.59 bits per heavy atom. The van der Waals surface area contributed by atoms with Crippen molar-refractivity contribution >= 4 is 45.2 Å². The van der Waals surface area contributed by atoms with Crippen molar-refractivity contribution in [3.8, 4) is 17.6 Å². The highest BCUT2D eigenvalue weighted by Gasteiger charge is 2.31. The summed E-state index contributed by atoms with van der Waals surface area (Å²) in [6.07, 6.45) is -3.43. The molecule has 222 valence electrons. The Morgan fingerprint density at radius 2 is 1.93 bits per heavy atom. The first kappa shape index (κ1) is 31.2. The molecule has 1 fully saturated rings. The molecule has 2 heterocycles. The standard InChI is InChI=1S/C30H37F3N3O3PS/c1-4-36-15-12-21(13-16-36)35-26-8-5-7-23-24(20-30(31,32)33)28(41-29(23)26)9-6-14-34-25-11-10-22(40(2,3)38)19-27(25)39-18-17-37/h5,7-8,10-11,19,21,34-35,37H,4,12-18,20H2,1-3H3. The molecule has 3 aromatic rings. The number of hydrogen-bond donors (Lipinski definition) is 3. The number of piperidine rings is 1. The first-order valence-electron chi connectivity index (χ1n) is 13.7. The molecule has 0 bridgehead atoms. The molecule has 1 aliphatic rings. The maximum Gasteiger partial charge on any atom is 0.393 e. The van der Waals surface area contributed by atoms with E-state index < -0.39 is 19.7 Å².